The van der Waals surface area contributed by atoms with Gasteiger partial charge in [-0.25, -0.2) is 0 Å². The van der Waals surface area contributed by atoms with Crippen LogP contribution < -0.4 is 25.8 Å². The number of aryl methyl sites for hydroxylation is 2. The number of rotatable bonds is 17. The molecule has 0 spiro atoms. The highest BCUT2D eigenvalue weighted by Gasteiger charge is 2.41. The number of allylic oxidation sites excluding steroid dienone is 2. The topological polar surface area (TPSA) is 148 Å². The number of hydrogen-bond donors (Lipinski definition) is 5. The molecule has 0 unspecified atom stereocenters. The molecule has 2 aliphatic carbocycles. The lowest BCUT2D eigenvalue weighted by Crippen LogP contribution is -2.42. The van der Waals surface area contributed by atoms with Gasteiger partial charge in [0.25, 0.3) is 0 Å². The Bertz CT molecular complexity index is 1370. The van der Waals surface area contributed by atoms with Crippen LogP contribution in [0.1, 0.15) is 81.8 Å². The first-order valence-corrected chi connectivity index (χ1v) is 17.1. The number of nitrogens with zero attached hydrogens (tertiary/aromatic N) is 1. The average molecular weight is 651 g/mol. The number of benzene rings is 2. The largest absolute Gasteiger partial charge is 0.504 e. The van der Waals surface area contributed by atoms with Crippen LogP contribution in [0.15, 0.2) is 47.5 Å². The summed E-state index contributed by atoms with van der Waals surface area (Å²) in [6, 6.07) is 8.85. The Kier molecular flexibility index (Phi) is 13.8. The SMILES string of the molecule is CN=C(N)Nc1cc(CCC=CC(=O)CCc2ccc(O)c(OC)c2)cc(O[C@@]2(CNC)CC[C@@H](CCOC3CCCCC3)C2)c1O. The van der Waals surface area contributed by atoms with Crippen LogP contribution in [0.3, 0.4) is 0 Å². The molecule has 0 aliphatic heterocycles. The fourth-order valence-electron chi connectivity index (χ4n) is 6.79. The Morgan fingerprint density at radius 2 is 1.87 bits per heavy atom. The predicted molar refractivity (Wildman–Crippen MR) is 187 cm³/mol. The summed E-state index contributed by atoms with van der Waals surface area (Å²) in [7, 11) is 5.02. The van der Waals surface area contributed by atoms with Gasteiger partial charge in [0.2, 0.25) is 0 Å². The summed E-state index contributed by atoms with van der Waals surface area (Å²) in [6.07, 6.45) is 16.1. The zero-order valence-electron chi connectivity index (χ0n) is 28.4. The normalized spacial score (nSPS) is 20.5. The molecule has 2 atom stereocenters. The van der Waals surface area contributed by atoms with Crippen LogP contribution in [-0.2, 0) is 22.4 Å². The van der Waals surface area contributed by atoms with E-state index >= 15 is 0 Å². The number of likely N-dealkylation sites (N-methyl/N-ethyl adjacent to an activating group) is 1. The van der Waals surface area contributed by atoms with E-state index in [9.17, 15) is 15.0 Å². The van der Waals surface area contributed by atoms with Crippen LogP contribution >= 0.6 is 0 Å². The highest BCUT2D eigenvalue weighted by molar-refractivity contribution is 5.94. The van der Waals surface area contributed by atoms with E-state index in [-0.39, 0.29) is 23.2 Å². The molecule has 0 saturated heterocycles. The lowest BCUT2D eigenvalue weighted by molar-refractivity contribution is -0.114. The summed E-state index contributed by atoms with van der Waals surface area (Å²) in [4.78, 5) is 16.5. The van der Waals surface area contributed by atoms with Crippen molar-refractivity contribution in [2.24, 2.45) is 16.6 Å². The van der Waals surface area contributed by atoms with E-state index in [0.29, 0.717) is 61.4 Å². The quantitative estimate of drug-likeness (QED) is 0.0599. The van der Waals surface area contributed by atoms with Gasteiger partial charge in [0.15, 0.2) is 34.7 Å². The molecular formula is C37H54N4O6. The molecule has 258 valence electrons. The maximum absolute atomic E-state index is 12.5. The van der Waals surface area contributed by atoms with Crippen molar-refractivity contribution in [3.05, 3.63) is 53.6 Å². The van der Waals surface area contributed by atoms with E-state index in [1.807, 2.05) is 25.3 Å². The minimum atomic E-state index is -0.449. The van der Waals surface area contributed by atoms with Gasteiger partial charge in [-0.05, 0) is 112 Å². The number of hydrogen-bond acceptors (Lipinski definition) is 8. The molecule has 2 aliphatic rings. The highest BCUT2D eigenvalue weighted by atomic mass is 16.5. The molecule has 2 aromatic rings. The summed E-state index contributed by atoms with van der Waals surface area (Å²) < 4.78 is 18.1. The van der Waals surface area contributed by atoms with Crippen molar-refractivity contribution in [3.63, 3.8) is 0 Å². The van der Waals surface area contributed by atoms with E-state index in [0.717, 1.165) is 43.4 Å². The standard InChI is InChI=1S/C37H54N4O6/c1-39-25-37(19-17-27(24-37)18-20-46-30-11-5-4-6-12-30)47-34-23-28(21-31(35(34)44)41-36(38)40-2)9-7-8-10-29(42)15-13-26-14-16-32(43)33(22-26)45-3/h8,10,14,16,21-23,27,30,39,43-44H,4-7,9,11-13,15,17-20,24-25H2,1-3H3,(H3,38,40,41)/t27-,37-/m0/s1. The zero-order chi connectivity index (χ0) is 33.6. The molecule has 0 amide bonds. The Morgan fingerprint density at radius 3 is 2.62 bits per heavy atom. The van der Waals surface area contributed by atoms with E-state index in [4.69, 9.17) is 19.9 Å². The van der Waals surface area contributed by atoms with Gasteiger partial charge in [0.05, 0.1) is 18.9 Å². The van der Waals surface area contributed by atoms with Crippen LogP contribution in [-0.4, -0.2) is 68.0 Å². The first-order valence-electron chi connectivity index (χ1n) is 17.1. The lowest BCUT2D eigenvalue weighted by atomic mass is 9.96. The van der Waals surface area contributed by atoms with Crippen molar-refractivity contribution in [1.82, 2.24) is 5.32 Å². The summed E-state index contributed by atoms with van der Waals surface area (Å²) in [5.74, 6) is 1.58. The van der Waals surface area contributed by atoms with Crippen molar-refractivity contribution in [3.8, 4) is 23.0 Å². The van der Waals surface area contributed by atoms with Crippen molar-refractivity contribution in [2.45, 2.75) is 95.2 Å². The number of guanidine groups is 1. The van der Waals surface area contributed by atoms with Crippen molar-refractivity contribution in [1.29, 1.82) is 0 Å². The van der Waals surface area contributed by atoms with Crippen LogP contribution in [0.25, 0.3) is 0 Å². The molecule has 0 aromatic heterocycles. The number of methoxy groups -OCH3 is 1. The van der Waals surface area contributed by atoms with Gasteiger partial charge in [0.1, 0.15) is 5.60 Å². The molecular weight excluding hydrogens is 596 g/mol. The number of nitrogens with two attached hydrogens (primary N) is 1. The predicted octanol–water partition coefficient (Wildman–Crippen LogP) is 6.03. The fraction of sp³-hybridized carbons (Fsp3) is 0.568. The second kappa shape index (κ2) is 18.0. The van der Waals surface area contributed by atoms with Crippen LogP contribution in [0, 0.1) is 5.92 Å². The minimum Gasteiger partial charge on any atom is -0.504 e. The van der Waals surface area contributed by atoms with E-state index in [2.05, 4.69) is 15.6 Å². The number of aromatic hydroxyl groups is 2. The summed E-state index contributed by atoms with van der Waals surface area (Å²) in [5.41, 5.74) is 7.82. The van der Waals surface area contributed by atoms with Crippen LogP contribution in [0.2, 0.25) is 0 Å². The number of carbonyl (C=O) groups is 1. The first-order chi connectivity index (χ1) is 22.7. The number of ketones is 1. The zero-order valence-corrected chi connectivity index (χ0v) is 28.4. The molecule has 0 heterocycles. The van der Waals surface area contributed by atoms with Crippen molar-refractivity contribution < 1.29 is 29.2 Å². The second-order valence-electron chi connectivity index (χ2n) is 13.0. The van der Waals surface area contributed by atoms with Gasteiger partial charge in [-0.15, -0.1) is 0 Å². The Hall–Kier alpha value is -3.76. The van der Waals surface area contributed by atoms with E-state index in [1.165, 1.54) is 39.2 Å². The maximum atomic E-state index is 12.5. The highest BCUT2D eigenvalue weighted by Crippen LogP contribution is 2.44. The summed E-state index contributed by atoms with van der Waals surface area (Å²) >= 11 is 0. The first kappa shape index (κ1) is 36.1. The summed E-state index contributed by atoms with van der Waals surface area (Å²) in [5, 5.41) is 27.4. The second-order valence-corrected chi connectivity index (χ2v) is 13.0. The van der Waals surface area contributed by atoms with Gasteiger partial charge >= 0.3 is 0 Å². The van der Waals surface area contributed by atoms with Crippen molar-refractivity contribution >= 4 is 17.4 Å². The number of phenolic OH excluding ortho intramolecular Hbond substituents is 2. The molecule has 0 bridgehead atoms. The van der Waals surface area contributed by atoms with Crippen LogP contribution in [0.5, 0.6) is 23.0 Å². The molecule has 0 radical (unpaired) electrons. The average Bonchev–Trinajstić information content (AvgIpc) is 3.47. The fourth-order valence-corrected chi connectivity index (χ4v) is 6.79. The van der Waals surface area contributed by atoms with Crippen molar-refractivity contribution in [2.75, 3.05) is 39.7 Å². The molecule has 47 heavy (non-hydrogen) atoms. The number of carbonyl (C=O) groups excluding carboxylic acids is 1. The van der Waals surface area contributed by atoms with E-state index < -0.39 is 5.60 Å². The number of nitrogens with one attached hydrogen (secondary N) is 2. The van der Waals surface area contributed by atoms with Crippen LogP contribution in [0.4, 0.5) is 5.69 Å². The molecule has 6 N–H and O–H groups in total. The Balaban J connectivity index is 1.38. The van der Waals surface area contributed by atoms with Gasteiger partial charge in [0, 0.05) is 26.6 Å². The third kappa shape index (κ3) is 10.9. The number of ether oxygens (including phenoxy) is 3. The monoisotopic (exact) mass is 650 g/mol. The smallest absolute Gasteiger partial charge is 0.192 e. The maximum Gasteiger partial charge on any atom is 0.192 e. The third-order valence-corrected chi connectivity index (χ3v) is 9.37. The summed E-state index contributed by atoms with van der Waals surface area (Å²) in [6.45, 7) is 1.46. The van der Waals surface area contributed by atoms with E-state index in [1.54, 1.807) is 31.3 Å². The Morgan fingerprint density at radius 1 is 1.09 bits per heavy atom. The molecule has 10 heteroatoms. The number of aliphatic imine (C=N–C) groups is 1. The van der Waals surface area contributed by atoms with Gasteiger partial charge < -0.3 is 40.8 Å². The number of phenols is 2. The lowest BCUT2D eigenvalue weighted by Gasteiger charge is -2.32. The Labute approximate surface area is 279 Å². The molecule has 2 saturated carbocycles. The number of anilines is 1. The van der Waals surface area contributed by atoms with Gasteiger partial charge in [-0.2, -0.15) is 0 Å². The van der Waals surface area contributed by atoms with Gasteiger partial charge in [-0.3, -0.25) is 9.79 Å². The third-order valence-electron chi connectivity index (χ3n) is 9.37. The molecule has 2 fully saturated rings. The molecule has 10 nitrogen and oxygen atoms in total. The van der Waals surface area contributed by atoms with Gasteiger partial charge in [-0.1, -0.05) is 31.4 Å². The minimum absolute atomic E-state index is 0.00325. The molecule has 2 aromatic carbocycles. The molecule has 4 rings (SSSR count).